The number of rotatable bonds is 2. The van der Waals surface area contributed by atoms with Crippen molar-refractivity contribution in [3.8, 4) is 11.4 Å². The van der Waals surface area contributed by atoms with Crippen molar-refractivity contribution >= 4 is 23.5 Å². The van der Waals surface area contributed by atoms with Crippen molar-refractivity contribution in [1.82, 2.24) is 9.36 Å². The van der Waals surface area contributed by atoms with E-state index in [1.54, 1.807) is 0 Å². The van der Waals surface area contributed by atoms with Crippen LogP contribution in [0.1, 0.15) is 5.56 Å². The molecule has 0 aliphatic rings. The third-order valence-electron chi connectivity index (χ3n) is 1.82. The molecule has 0 amide bonds. The fourth-order valence-corrected chi connectivity index (χ4v) is 1.94. The SMILES string of the molecule is Cc1ccc(-c2nsc(SN)n2)cc1. The zero-order valence-electron chi connectivity index (χ0n) is 7.60. The fraction of sp³-hybridized carbons (Fsp3) is 0.111. The van der Waals surface area contributed by atoms with E-state index in [2.05, 4.69) is 16.3 Å². The summed E-state index contributed by atoms with van der Waals surface area (Å²) >= 11 is 2.46. The Balaban J connectivity index is 2.34. The smallest absolute Gasteiger partial charge is 0.185 e. The third-order valence-corrected chi connectivity index (χ3v) is 3.13. The minimum absolute atomic E-state index is 0.753. The molecule has 0 radical (unpaired) electrons. The lowest BCUT2D eigenvalue weighted by Gasteiger charge is -1.95. The van der Waals surface area contributed by atoms with E-state index in [9.17, 15) is 0 Å². The molecule has 0 bridgehead atoms. The Kier molecular flexibility index (Phi) is 2.81. The summed E-state index contributed by atoms with van der Waals surface area (Å²) < 4.78 is 5.01. The van der Waals surface area contributed by atoms with Gasteiger partial charge in [-0.1, -0.05) is 29.8 Å². The van der Waals surface area contributed by atoms with Crippen LogP contribution in [0.25, 0.3) is 11.4 Å². The van der Waals surface area contributed by atoms with Crippen LogP contribution in [0.4, 0.5) is 0 Å². The van der Waals surface area contributed by atoms with Crippen molar-refractivity contribution < 1.29 is 0 Å². The van der Waals surface area contributed by atoms with Crippen LogP contribution >= 0.6 is 23.5 Å². The van der Waals surface area contributed by atoms with E-state index >= 15 is 0 Å². The molecule has 3 nitrogen and oxygen atoms in total. The van der Waals surface area contributed by atoms with Crippen molar-refractivity contribution in [3.63, 3.8) is 0 Å². The van der Waals surface area contributed by atoms with E-state index in [-0.39, 0.29) is 0 Å². The molecule has 0 atom stereocenters. The molecule has 0 spiro atoms. The summed E-state index contributed by atoms with van der Waals surface area (Å²) in [6.07, 6.45) is 0. The quantitative estimate of drug-likeness (QED) is 0.795. The van der Waals surface area contributed by atoms with Crippen molar-refractivity contribution in [2.24, 2.45) is 5.14 Å². The Labute approximate surface area is 90.7 Å². The van der Waals surface area contributed by atoms with Gasteiger partial charge < -0.3 is 0 Å². The molecule has 5 heteroatoms. The lowest BCUT2D eigenvalue weighted by molar-refractivity contribution is 1.22. The third kappa shape index (κ3) is 1.95. The van der Waals surface area contributed by atoms with E-state index in [4.69, 9.17) is 5.14 Å². The highest BCUT2D eigenvalue weighted by atomic mass is 32.2. The summed E-state index contributed by atoms with van der Waals surface area (Å²) in [5.41, 5.74) is 2.27. The maximum Gasteiger partial charge on any atom is 0.185 e. The van der Waals surface area contributed by atoms with Crippen molar-refractivity contribution in [1.29, 1.82) is 0 Å². The second kappa shape index (κ2) is 4.08. The molecule has 1 heterocycles. The van der Waals surface area contributed by atoms with Crippen LogP contribution in [0, 0.1) is 6.92 Å². The molecule has 0 unspecified atom stereocenters. The molecule has 1 aromatic carbocycles. The van der Waals surface area contributed by atoms with Gasteiger partial charge in [0.25, 0.3) is 0 Å². The van der Waals surface area contributed by atoms with Gasteiger partial charge in [-0.05, 0) is 30.4 Å². The molecular weight excluding hydrogens is 214 g/mol. The molecule has 0 saturated heterocycles. The van der Waals surface area contributed by atoms with Gasteiger partial charge in [0.15, 0.2) is 10.2 Å². The highest BCUT2D eigenvalue weighted by Gasteiger charge is 2.04. The van der Waals surface area contributed by atoms with Gasteiger partial charge in [0, 0.05) is 5.56 Å². The van der Waals surface area contributed by atoms with Crippen LogP contribution in [0.15, 0.2) is 28.6 Å². The van der Waals surface area contributed by atoms with Crippen molar-refractivity contribution in [3.05, 3.63) is 29.8 Å². The Morgan fingerprint density at radius 1 is 1.29 bits per heavy atom. The van der Waals surface area contributed by atoms with Gasteiger partial charge in [-0.15, -0.1) is 0 Å². The second-order valence-corrected chi connectivity index (χ2v) is 4.50. The molecule has 0 aliphatic heterocycles. The van der Waals surface area contributed by atoms with Crippen LogP contribution in [-0.2, 0) is 0 Å². The zero-order chi connectivity index (χ0) is 9.97. The predicted molar refractivity (Wildman–Crippen MR) is 60.1 cm³/mol. The monoisotopic (exact) mass is 223 g/mol. The number of nitrogens with zero attached hydrogens (tertiary/aromatic N) is 2. The maximum atomic E-state index is 5.39. The van der Waals surface area contributed by atoms with Gasteiger partial charge in [0.1, 0.15) is 0 Å². The first-order valence-corrected chi connectivity index (χ1v) is 5.72. The number of nitrogens with two attached hydrogens (primary N) is 1. The second-order valence-electron chi connectivity index (χ2n) is 2.87. The average Bonchev–Trinajstić information content (AvgIpc) is 2.67. The highest BCUT2D eigenvalue weighted by Crippen LogP contribution is 2.22. The standard InChI is InChI=1S/C9H9N3S2/c1-6-2-4-7(5-3-6)8-11-9(13-10)14-12-8/h2-5H,10H2,1H3. The number of aryl methyl sites for hydroxylation is 1. The van der Waals surface area contributed by atoms with E-state index < -0.39 is 0 Å². The van der Waals surface area contributed by atoms with Gasteiger partial charge in [0.05, 0.1) is 0 Å². The van der Waals surface area contributed by atoms with Crippen LogP contribution in [-0.4, -0.2) is 9.36 Å². The topological polar surface area (TPSA) is 51.8 Å². The zero-order valence-corrected chi connectivity index (χ0v) is 9.23. The van der Waals surface area contributed by atoms with Crippen molar-refractivity contribution in [2.45, 2.75) is 11.3 Å². The average molecular weight is 223 g/mol. The summed E-state index contributed by atoms with van der Waals surface area (Å²) in [7, 11) is 0. The molecule has 2 aromatic rings. The Morgan fingerprint density at radius 3 is 2.57 bits per heavy atom. The van der Waals surface area contributed by atoms with Gasteiger partial charge in [-0.25, -0.2) is 4.98 Å². The molecule has 2 rings (SSSR count). The first-order chi connectivity index (χ1) is 6.79. The van der Waals surface area contributed by atoms with Gasteiger partial charge in [-0.2, -0.15) is 4.37 Å². The minimum atomic E-state index is 0.753. The van der Waals surface area contributed by atoms with Crippen LogP contribution < -0.4 is 5.14 Å². The summed E-state index contributed by atoms with van der Waals surface area (Å²) in [6.45, 7) is 2.05. The van der Waals surface area contributed by atoms with E-state index in [0.717, 1.165) is 27.7 Å². The Morgan fingerprint density at radius 2 is 2.00 bits per heavy atom. The Bertz CT molecular complexity index is 422. The lowest BCUT2D eigenvalue weighted by atomic mass is 10.1. The molecule has 0 aliphatic carbocycles. The van der Waals surface area contributed by atoms with Gasteiger partial charge in [0.2, 0.25) is 0 Å². The number of aromatic nitrogens is 2. The van der Waals surface area contributed by atoms with E-state index in [1.807, 2.05) is 24.3 Å². The largest absolute Gasteiger partial charge is 0.272 e. The normalized spacial score (nSPS) is 10.4. The summed E-state index contributed by atoms with van der Waals surface area (Å²) in [5.74, 6) is 0.753. The van der Waals surface area contributed by atoms with Gasteiger partial charge in [-0.3, -0.25) is 5.14 Å². The number of hydrogen-bond acceptors (Lipinski definition) is 5. The number of hydrogen-bond donors (Lipinski definition) is 1. The van der Waals surface area contributed by atoms with E-state index in [1.165, 1.54) is 17.1 Å². The van der Waals surface area contributed by atoms with Gasteiger partial charge >= 0.3 is 0 Å². The molecule has 72 valence electrons. The molecule has 1 aromatic heterocycles. The molecule has 2 N–H and O–H groups in total. The molecular formula is C9H9N3S2. The van der Waals surface area contributed by atoms with Crippen LogP contribution in [0.5, 0.6) is 0 Å². The summed E-state index contributed by atoms with van der Waals surface area (Å²) in [5, 5.41) is 5.39. The molecule has 14 heavy (non-hydrogen) atoms. The fourth-order valence-electron chi connectivity index (χ4n) is 1.08. The molecule has 0 saturated carbocycles. The van der Waals surface area contributed by atoms with Crippen molar-refractivity contribution in [2.75, 3.05) is 0 Å². The van der Waals surface area contributed by atoms with Crippen LogP contribution in [0.3, 0.4) is 0 Å². The lowest BCUT2D eigenvalue weighted by Crippen LogP contribution is -1.82. The minimum Gasteiger partial charge on any atom is -0.272 e. The summed E-state index contributed by atoms with van der Waals surface area (Å²) in [4.78, 5) is 4.27. The predicted octanol–water partition coefficient (Wildman–Crippen LogP) is 2.48. The highest BCUT2D eigenvalue weighted by molar-refractivity contribution is 7.98. The van der Waals surface area contributed by atoms with E-state index in [0.29, 0.717) is 0 Å². The number of benzene rings is 1. The Hall–Kier alpha value is -0.910. The van der Waals surface area contributed by atoms with Crippen LogP contribution in [0.2, 0.25) is 0 Å². The first-order valence-electron chi connectivity index (χ1n) is 4.07. The maximum absolute atomic E-state index is 5.39. The first kappa shape index (κ1) is 9.64. The molecule has 0 fully saturated rings. The summed E-state index contributed by atoms with van der Waals surface area (Å²) in [6, 6.07) is 8.13.